The Labute approximate surface area is 218 Å². The van der Waals surface area contributed by atoms with Gasteiger partial charge in [-0.15, -0.1) is 0 Å². The topological polar surface area (TPSA) is 134 Å². The summed E-state index contributed by atoms with van der Waals surface area (Å²) >= 11 is 3.49. The lowest BCUT2D eigenvalue weighted by atomic mass is 9.96. The molecule has 0 radical (unpaired) electrons. The minimum atomic E-state index is -0.751. The number of carbonyl (C=O) groups excluding carboxylic acids is 2. The van der Waals surface area contributed by atoms with Gasteiger partial charge in [0.1, 0.15) is 23.2 Å². The lowest BCUT2D eigenvalue weighted by Crippen LogP contribution is -2.37. The molecule has 0 saturated heterocycles. The summed E-state index contributed by atoms with van der Waals surface area (Å²) in [7, 11) is 0. The van der Waals surface area contributed by atoms with Crippen LogP contribution in [0.1, 0.15) is 35.8 Å². The van der Waals surface area contributed by atoms with Crippen molar-refractivity contribution in [3.05, 3.63) is 87.7 Å². The first-order valence-corrected chi connectivity index (χ1v) is 11.8. The van der Waals surface area contributed by atoms with Crippen molar-refractivity contribution in [2.24, 2.45) is 4.99 Å². The van der Waals surface area contributed by atoms with Gasteiger partial charge in [0.15, 0.2) is 11.4 Å². The number of hydrogen-bond donors (Lipinski definition) is 3. The Morgan fingerprint density at radius 2 is 2.00 bits per heavy atom. The predicted octanol–water partition coefficient (Wildman–Crippen LogP) is 4.75. The van der Waals surface area contributed by atoms with E-state index in [0.717, 1.165) is 0 Å². The van der Waals surface area contributed by atoms with Crippen LogP contribution in [0.3, 0.4) is 0 Å². The average Bonchev–Trinajstić information content (AvgIpc) is 3.25. The number of guanidine groups is 1. The molecule has 1 atom stereocenters. The van der Waals surface area contributed by atoms with Gasteiger partial charge in [-0.2, -0.15) is 4.98 Å². The molecular formula is C25H19BrFN7O3. The molecule has 0 bridgehead atoms. The second kappa shape index (κ2) is 9.90. The second-order valence-corrected chi connectivity index (χ2v) is 8.99. The fraction of sp³-hybridized carbons (Fsp3) is 0.120. The molecule has 186 valence electrons. The van der Waals surface area contributed by atoms with Crippen molar-refractivity contribution in [2.75, 3.05) is 10.6 Å². The summed E-state index contributed by atoms with van der Waals surface area (Å²) in [6.07, 6.45) is 4.66. The zero-order valence-electron chi connectivity index (χ0n) is 19.5. The van der Waals surface area contributed by atoms with Crippen LogP contribution in [0.2, 0.25) is 0 Å². The molecule has 1 aromatic carbocycles. The summed E-state index contributed by atoms with van der Waals surface area (Å²) in [5.41, 5.74) is 2.70. The molecule has 1 unspecified atom stereocenters. The largest absolute Gasteiger partial charge is 0.423 e. The summed E-state index contributed by atoms with van der Waals surface area (Å²) in [6.45, 7) is 3.17. The number of aromatic nitrogens is 3. The van der Waals surface area contributed by atoms with Gasteiger partial charge in [-0.1, -0.05) is 0 Å². The molecule has 37 heavy (non-hydrogen) atoms. The summed E-state index contributed by atoms with van der Waals surface area (Å²) < 4.78 is 19.8. The van der Waals surface area contributed by atoms with Gasteiger partial charge in [0.2, 0.25) is 5.96 Å². The molecule has 4 heterocycles. The van der Waals surface area contributed by atoms with E-state index in [-0.39, 0.29) is 29.2 Å². The van der Waals surface area contributed by atoms with Crippen molar-refractivity contribution in [3.8, 4) is 0 Å². The Bertz CT molecular complexity index is 1610. The number of aliphatic imine (C=N–C) groups is 1. The van der Waals surface area contributed by atoms with Crippen molar-refractivity contribution in [3.63, 3.8) is 0 Å². The summed E-state index contributed by atoms with van der Waals surface area (Å²) in [6, 6.07) is 8.22. The number of Topliss-reactive ketones (excluding diaryl/α,β-unsaturated/α-hetero) is 1. The van der Waals surface area contributed by atoms with E-state index in [0.29, 0.717) is 32.4 Å². The summed E-state index contributed by atoms with van der Waals surface area (Å²) in [5.74, 6) is -0.534. The van der Waals surface area contributed by atoms with Crippen LogP contribution in [-0.4, -0.2) is 32.6 Å². The number of ketones is 1. The van der Waals surface area contributed by atoms with Crippen LogP contribution >= 0.6 is 15.9 Å². The molecule has 1 aliphatic heterocycles. The van der Waals surface area contributed by atoms with E-state index in [9.17, 15) is 14.0 Å². The molecule has 0 spiro atoms. The number of halogens is 2. The van der Waals surface area contributed by atoms with Crippen molar-refractivity contribution in [2.45, 2.75) is 19.9 Å². The Kier molecular flexibility index (Phi) is 6.49. The lowest BCUT2D eigenvalue weighted by molar-refractivity contribution is -0.113. The number of carbonyl (C=O) groups is 2. The van der Waals surface area contributed by atoms with Gasteiger partial charge in [-0.05, 0) is 65.7 Å². The summed E-state index contributed by atoms with van der Waals surface area (Å²) in [4.78, 5) is 42.5. The highest BCUT2D eigenvalue weighted by molar-refractivity contribution is 9.10. The van der Waals surface area contributed by atoms with Gasteiger partial charge in [-0.3, -0.25) is 19.9 Å². The first kappa shape index (κ1) is 24.3. The minimum Gasteiger partial charge on any atom is -0.423 e. The van der Waals surface area contributed by atoms with Crippen molar-refractivity contribution < 1.29 is 18.4 Å². The molecule has 0 fully saturated rings. The number of anilines is 2. The molecule has 0 saturated carbocycles. The highest BCUT2D eigenvalue weighted by Gasteiger charge is 2.31. The molecule has 4 aromatic rings. The molecular weight excluding hydrogens is 545 g/mol. The second-order valence-electron chi connectivity index (χ2n) is 8.14. The summed E-state index contributed by atoms with van der Waals surface area (Å²) in [5, 5.41) is 8.78. The van der Waals surface area contributed by atoms with Crippen LogP contribution < -0.4 is 16.0 Å². The maximum Gasteiger partial charge on any atom is 0.302 e. The predicted molar refractivity (Wildman–Crippen MR) is 138 cm³/mol. The molecule has 0 aliphatic carbocycles. The quantitative estimate of drug-likeness (QED) is 0.296. The van der Waals surface area contributed by atoms with Crippen LogP contribution in [-0.2, 0) is 4.79 Å². The van der Waals surface area contributed by atoms with Crippen molar-refractivity contribution in [1.82, 2.24) is 20.3 Å². The molecule has 10 nitrogen and oxygen atoms in total. The monoisotopic (exact) mass is 563 g/mol. The van der Waals surface area contributed by atoms with Crippen LogP contribution in [0.4, 0.5) is 16.2 Å². The van der Waals surface area contributed by atoms with E-state index in [1.54, 1.807) is 31.5 Å². The van der Waals surface area contributed by atoms with Crippen molar-refractivity contribution >= 4 is 56.5 Å². The van der Waals surface area contributed by atoms with Crippen molar-refractivity contribution in [1.29, 1.82) is 0 Å². The highest BCUT2D eigenvalue weighted by atomic mass is 79.9. The van der Waals surface area contributed by atoms with Gasteiger partial charge in [0.05, 0.1) is 5.57 Å². The number of nitrogens with zero attached hydrogens (tertiary/aromatic N) is 4. The number of pyridine rings is 2. The smallest absolute Gasteiger partial charge is 0.302 e. The number of hydrogen-bond acceptors (Lipinski definition) is 9. The van der Waals surface area contributed by atoms with E-state index in [2.05, 4.69) is 46.8 Å². The zero-order valence-corrected chi connectivity index (χ0v) is 21.1. The van der Waals surface area contributed by atoms with E-state index < -0.39 is 17.8 Å². The molecule has 12 heteroatoms. The maximum absolute atomic E-state index is 13.6. The first-order chi connectivity index (χ1) is 17.8. The van der Waals surface area contributed by atoms with E-state index in [4.69, 9.17) is 9.41 Å². The maximum atomic E-state index is 13.6. The number of benzene rings is 1. The lowest BCUT2D eigenvalue weighted by Gasteiger charge is -2.26. The molecule has 3 aromatic heterocycles. The number of nitrogens with one attached hydrogen (secondary N) is 3. The Morgan fingerprint density at radius 3 is 2.78 bits per heavy atom. The Hall–Kier alpha value is -4.45. The fourth-order valence-corrected chi connectivity index (χ4v) is 4.29. The zero-order chi connectivity index (χ0) is 26.1. The fourth-order valence-electron chi connectivity index (χ4n) is 3.82. The Balaban J connectivity index is 1.48. The van der Waals surface area contributed by atoms with Gasteiger partial charge < -0.3 is 15.1 Å². The number of allylic oxidation sites excluding steroid dienone is 1. The highest BCUT2D eigenvalue weighted by Crippen LogP contribution is 2.35. The molecule has 3 N–H and O–H groups in total. The minimum absolute atomic E-state index is 0.102. The average molecular weight is 564 g/mol. The van der Waals surface area contributed by atoms with Gasteiger partial charge in [0.25, 0.3) is 5.91 Å². The number of amides is 1. The SMILES string of the molecule is CC(=O)c1ccnc(NC(=O)C2=C(C)NC(Nc3nc4ccc(F)cc4o3)=NC2c2ccncc2Br)c1. The molecule has 5 rings (SSSR count). The van der Waals surface area contributed by atoms with E-state index in [1.165, 1.54) is 37.4 Å². The number of rotatable bonds is 5. The van der Waals surface area contributed by atoms with Crippen LogP contribution in [0.15, 0.2) is 80.1 Å². The normalized spacial score (nSPS) is 15.2. The Morgan fingerprint density at radius 1 is 1.16 bits per heavy atom. The van der Waals surface area contributed by atoms with Crippen LogP contribution in [0.25, 0.3) is 11.1 Å². The van der Waals surface area contributed by atoms with E-state index in [1.807, 2.05) is 0 Å². The third-order valence-corrected chi connectivity index (χ3v) is 6.23. The van der Waals surface area contributed by atoms with Crippen LogP contribution in [0, 0.1) is 5.82 Å². The van der Waals surface area contributed by atoms with Crippen LogP contribution in [0.5, 0.6) is 0 Å². The standard InChI is InChI=1S/C25H19BrFN7O3/c1-12-21(23(36)32-20-9-14(13(2)35)5-8-29-20)22(16-6-7-28-11-17(16)26)33-24(30-12)34-25-31-18-4-3-15(27)10-19(18)37-25/h3-11,22H,1-2H3,(H,29,32,36)(H2,30,31,33,34). The molecule has 1 amide bonds. The van der Waals surface area contributed by atoms with Gasteiger partial charge in [0, 0.05) is 40.4 Å². The third-order valence-electron chi connectivity index (χ3n) is 5.57. The third kappa shape index (κ3) is 5.09. The number of oxazole rings is 1. The molecule has 1 aliphatic rings. The first-order valence-electron chi connectivity index (χ1n) is 11.0. The van der Waals surface area contributed by atoms with E-state index >= 15 is 0 Å². The van der Waals surface area contributed by atoms with Gasteiger partial charge in [-0.25, -0.2) is 14.4 Å². The van der Waals surface area contributed by atoms with Gasteiger partial charge >= 0.3 is 6.01 Å². The number of fused-ring (bicyclic) bond motifs is 1.